The molecule has 0 radical (unpaired) electrons. The predicted octanol–water partition coefficient (Wildman–Crippen LogP) is 2.53. The van der Waals surface area contributed by atoms with Crippen molar-refractivity contribution in [1.29, 1.82) is 0 Å². The van der Waals surface area contributed by atoms with Crippen LogP contribution in [0.5, 0.6) is 0 Å². The number of aromatic nitrogens is 1. The number of hydrogen-bond acceptors (Lipinski definition) is 6. The molecule has 18 heavy (non-hydrogen) atoms. The first kappa shape index (κ1) is 14.8. The summed E-state index contributed by atoms with van der Waals surface area (Å²) in [7, 11) is 1.94. The smallest absolute Gasteiger partial charge is 0.345 e. The molecular formula is C12H21N3O2S. The molecule has 0 amide bonds. The number of nitrogens with zero attached hydrogens (tertiary/aromatic N) is 2. The molecule has 102 valence electrons. The van der Waals surface area contributed by atoms with Crippen molar-refractivity contribution in [3.05, 3.63) is 5.56 Å². The van der Waals surface area contributed by atoms with Crippen molar-refractivity contribution >= 4 is 28.3 Å². The number of esters is 1. The molecule has 5 nitrogen and oxygen atoms in total. The van der Waals surface area contributed by atoms with Crippen LogP contribution < -0.4 is 10.6 Å². The van der Waals surface area contributed by atoms with Gasteiger partial charge in [-0.15, -0.1) is 0 Å². The van der Waals surface area contributed by atoms with Crippen LogP contribution in [0.4, 0.5) is 10.8 Å². The van der Waals surface area contributed by atoms with E-state index in [1.54, 1.807) is 6.92 Å². The number of nitrogen functional groups attached to an aromatic ring is 1. The highest BCUT2D eigenvalue weighted by Crippen LogP contribution is 2.35. The number of carbonyl (C=O) groups excluding carboxylic acids is 1. The van der Waals surface area contributed by atoms with Gasteiger partial charge in [-0.1, -0.05) is 6.92 Å². The molecule has 0 aliphatic rings. The standard InChI is InChI=1S/C12H21N3O2S/c1-6-12(3,4)15(5)10-8(9(13)14-18-10)11(16)17-7-2/h6-7H2,1-5H3,(H2,13,14). The van der Waals surface area contributed by atoms with E-state index in [0.717, 1.165) is 11.4 Å². The zero-order valence-corrected chi connectivity index (χ0v) is 12.4. The largest absolute Gasteiger partial charge is 0.462 e. The third kappa shape index (κ3) is 2.75. The van der Waals surface area contributed by atoms with Gasteiger partial charge in [-0.3, -0.25) is 0 Å². The van der Waals surface area contributed by atoms with E-state index in [1.165, 1.54) is 11.5 Å². The summed E-state index contributed by atoms with van der Waals surface area (Å²) >= 11 is 1.23. The predicted molar refractivity (Wildman–Crippen MR) is 75.3 cm³/mol. The van der Waals surface area contributed by atoms with E-state index >= 15 is 0 Å². The van der Waals surface area contributed by atoms with E-state index < -0.39 is 5.97 Å². The normalized spacial score (nSPS) is 11.4. The van der Waals surface area contributed by atoms with Crippen LogP contribution in [0, 0.1) is 0 Å². The first-order valence-electron chi connectivity index (χ1n) is 6.01. The highest BCUT2D eigenvalue weighted by atomic mass is 32.1. The lowest BCUT2D eigenvalue weighted by Gasteiger charge is -2.35. The average molecular weight is 271 g/mol. The van der Waals surface area contributed by atoms with E-state index in [2.05, 4.69) is 25.1 Å². The second-order valence-corrected chi connectivity index (χ2v) is 5.45. The summed E-state index contributed by atoms with van der Waals surface area (Å²) in [5, 5.41) is 0.762. The Balaban J connectivity index is 3.15. The Morgan fingerprint density at radius 1 is 1.50 bits per heavy atom. The van der Waals surface area contributed by atoms with Gasteiger partial charge in [0.1, 0.15) is 10.6 Å². The van der Waals surface area contributed by atoms with Gasteiger partial charge < -0.3 is 15.4 Å². The van der Waals surface area contributed by atoms with Crippen LogP contribution in [0.3, 0.4) is 0 Å². The van der Waals surface area contributed by atoms with Gasteiger partial charge in [-0.2, -0.15) is 4.37 Å². The number of anilines is 2. The van der Waals surface area contributed by atoms with E-state index in [-0.39, 0.29) is 11.4 Å². The third-order valence-electron chi connectivity index (χ3n) is 3.26. The second kappa shape index (κ2) is 5.56. The fourth-order valence-electron chi connectivity index (χ4n) is 1.43. The molecule has 0 saturated heterocycles. The van der Waals surface area contributed by atoms with E-state index in [4.69, 9.17) is 10.5 Å². The summed E-state index contributed by atoms with van der Waals surface area (Å²) in [5.74, 6) is -0.162. The Morgan fingerprint density at radius 3 is 2.61 bits per heavy atom. The highest BCUT2D eigenvalue weighted by Gasteiger charge is 2.29. The second-order valence-electron chi connectivity index (χ2n) is 4.69. The summed E-state index contributed by atoms with van der Waals surface area (Å²) in [5.41, 5.74) is 6.08. The minimum Gasteiger partial charge on any atom is -0.462 e. The molecule has 1 heterocycles. The summed E-state index contributed by atoms with van der Waals surface area (Å²) in [4.78, 5) is 13.9. The molecule has 0 aliphatic heterocycles. The Bertz CT molecular complexity index is 429. The van der Waals surface area contributed by atoms with Crippen molar-refractivity contribution in [2.45, 2.75) is 39.7 Å². The summed E-state index contributed by atoms with van der Waals surface area (Å²) in [6.45, 7) is 8.42. The number of rotatable bonds is 5. The molecule has 2 N–H and O–H groups in total. The number of ether oxygens (including phenoxy) is 1. The Kier molecular flexibility index (Phi) is 4.56. The maximum atomic E-state index is 11.9. The molecule has 1 aromatic heterocycles. The van der Waals surface area contributed by atoms with Crippen molar-refractivity contribution in [3.63, 3.8) is 0 Å². The van der Waals surface area contributed by atoms with Crippen molar-refractivity contribution in [3.8, 4) is 0 Å². The maximum Gasteiger partial charge on any atom is 0.345 e. The highest BCUT2D eigenvalue weighted by molar-refractivity contribution is 7.11. The Morgan fingerprint density at radius 2 is 2.11 bits per heavy atom. The quantitative estimate of drug-likeness (QED) is 0.833. The molecule has 1 aromatic rings. The lowest BCUT2D eigenvalue weighted by molar-refractivity contribution is 0.0528. The molecule has 0 aliphatic carbocycles. The van der Waals surface area contributed by atoms with E-state index in [9.17, 15) is 4.79 Å². The van der Waals surface area contributed by atoms with Gasteiger partial charge in [0.05, 0.1) is 6.61 Å². The minimum absolute atomic E-state index is 0.0692. The van der Waals surface area contributed by atoms with E-state index in [0.29, 0.717) is 12.2 Å². The number of hydrogen-bond donors (Lipinski definition) is 1. The number of nitrogens with two attached hydrogens (primary N) is 1. The SMILES string of the molecule is CCOC(=O)c1c(N)nsc1N(C)C(C)(C)CC. The molecule has 0 aromatic carbocycles. The van der Waals surface area contributed by atoms with Gasteiger partial charge >= 0.3 is 5.97 Å². The summed E-state index contributed by atoms with van der Waals surface area (Å²) in [6.07, 6.45) is 0.948. The molecule has 0 spiro atoms. The van der Waals surface area contributed by atoms with Gasteiger partial charge in [-0.05, 0) is 38.7 Å². The topological polar surface area (TPSA) is 68.5 Å². The van der Waals surface area contributed by atoms with Crippen LogP contribution in [-0.4, -0.2) is 29.5 Å². The third-order valence-corrected chi connectivity index (χ3v) is 4.20. The van der Waals surface area contributed by atoms with Gasteiger partial charge in [0.15, 0.2) is 5.82 Å². The van der Waals surface area contributed by atoms with Gasteiger partial charge in [0.25, 0.3) is 0 Å². The van der Waals surface area contributed by atoms with Crippen LogP contribution in [0.2, 0.25) is 0 Å². The molecular weight excluding hydrogens is 250 g/mol. The Labute approximate surface area is 112 Å². The molecule has 1 rings (SSSR count). The maximum absolute atomic E-state index is 11.9. The van der Waals surface area contributed by atoms with Gasteiger partial charge in [0, 0.05) is 12.6 Å². The van der Waals surface area contributed by atoms with Crippen LogP contribution in [0.15, 0.2) is 0 Å². The molecule has 0 atom stereocenters. The zero-order valence-electron chi connectivity index (χ0n) is 11.6. The number of carbonyl (C=O) groups is 1. The minimum atomic E-state index is -0.405. The first-order chi connectivity index (χ1) is 8.35. The van der Waals surface area contributed by atoms with Crippen LogP contribution in [-0.2, 0) is 4.74 Å². The fourth-order valence-corrected chi connectivity index (χ4v) is 2.35. The molecule has 0 unspecified atom stereocenters. The molecule has 6 heteroatoms. The van der Waals surface area contributed by atoms with Crippen molar-refractivity contribution < 1.29 is 9.53 Å². The first-order valence-corrected chi connectivity index (χ1v) is 6.78. The lowest BCUT2D eigenvalue weighted by atomic mass is 10.00. The average Bonchev–Trinajstić information content (AvgIpc) is 2.70. The van der Waals surface area contributed by atoms with Crippen LogP contribution >= 0.6 is 11.5 Å². The fraction of sp³-hybridized carbons (Fsp3) is 0.667. The monoisotopic (exact) mass is 271 g/mol. The van der Waals surface area contributed by atoms with Gasteiger partial charge in [0.2, 0.25) is 0 Å². The summed E-state index contributed by atoms with van der Waals surface area (Å²) < 4.78 is 9.09. The van der Waals surface area contributed by atoms with Crippen LogP contribution in [0.25, 0.3) is 0 Å². The van der Waals surface area contributed by atoms with Crippen molar-refractivity contribution in [1.82, 2.24) is 4.37 Å². The lowest BCUT2D eigenvalue weighted by Crippen LogP contribution is -2.40. The molecule has 0 bridgehead atoms. The van der Waals surface area contributed by atoms with Gasteiger partial charge in [-0.25, -0.2) is 4.79 Å². The van der Waals surface area contributed by atoms with Crippen LogP contribution in [0.1, 0.15) is 44.5 Å². The van der Waals surface area contributed by atoms with E-state index in [1.807, 2.05) is 11.9 Å². The summed E-state index contributed by atoms with van der Waals surface area (Å²) in [6, 6.07) is 0. The van der Waals surface area contributed by atoms with Crippen molar-refractivity contribution in [2.75, 3.05) is 24.3 Å². The zero-order chi connectivity index (χ0) is 13.9. The molecule has 0 saturated carbocycles. The van der Waals surface area contributed by atoms with Crippen molar-refractivity contribution in [2.24, 2.45) is 0 Å². The Hall–Kier alpha value is -1.30. The molecule has 0 fully saturated rings.